The van der Waals surface area contributed by atoms with Crippen molar-refractivity contribution >= 4 is 33.8 Å². The number of alkyl carbamates (subject to hydrolysis) is 1. The Kier molecular flexibility index (Phi) is 5.75. The number of aromatic nitrogens is 4. The number of anilines is 1. The van der Waals surface area contributed by atoms with Gasteiger partial charge in [-0.25, -0.2) is 9.78 Å². The summed E-state index contributed by atoms with van der Waals surface area (Å²) in [6.07, 6.45) is 0.975. The number of fused-ring (bicyclic) bond motifs is 2. The van der Waals surface area contributed by atoms with Crippen LogP contribution in [0.25, 0.3) is 33.1 Å². The quantitative estimate of drug-likeness (QED) is 0.424. The summed E-state index contributed by atoms with van der Waals surface area (Å²) in [5, 5.41) is 23.3. The Balaban J connectivity index is 1.38. The van der Waals surface area contributed by atoms with Gasteiger partial charge in [-0.05, 0) is 57.4 Å². The molecule has 2 aromatic heterocycles. The van der Waals surface area contributed by atoms with E-state index in [9.17, 15) is 10.1 Å². The Hall–Kier alpha value is -4.19. The Morgan fingerprint density at radius 3 is 2.56 bits per heavy atom. The predicted molar refractivity (Wildman–Crippen MR) is 139 cm³/mol. The van der Waals surface area contributed by atoms with Crippen molar-refractivity contribution < 1.29 is 9.53 Å². The van der Waals surface area contributed by atoms with E-state index in [1.165, 1.54) is 0 Å². The van der Waals surface area contributed by atoms with Crippen molar-refractivity contribution in [3.05, 3.63) is 48.2 Å². The fourth-order valence-corrected chi connectivity index (χ4v) is 4.56. The number of carbonyl (C=O) groups excluding carboxylic acids is 1. The normalized spacial score (nSPS) is 15.6. The Labute approximate surface area is 209 Å². The third-order valence-corrected chi connectivity index (χ3v) is 6.49. The molecule has 5 rings (SSSR count). The average Bonchev–Trinajstić information content (AvgIpc) is 3.26. The number of hydrogen-bond acceptors (Lipinski definition) is 7. The lowest BCUT2D eigenvalue weighted by atomic mass is 9.90. The summed E-state index contributed by atoms with van der Waals surface area (Å²) in [7, 11) is 0. The smallest absolute Gasteiger partial charge is 0.408 e. The molecule has 1 aliphatic rings. The first-order chi connectivity index (χ1) is 17.1. The van der Waals surface area contributed by atoms with Gasteiger partial charge in [-0.15, -0.1) is 0 Å². The van der Waals surface area contributed by atoms with E-state index in [1.54, 1.807) is 0 Å². The van der Waals surface area contributed by atoms with Gasteiger partial charge in [0.15, 0.2) is 11.3 Å². The highest BCUT2D eigenvalue weighted by Gasteiger charge is 2.34. The molecule has 0 saturated carbocycles. The van der Waals surface area contributed by atoms with Crippen molar-refractivity contribution in [2.45, 2.75) is 51.7 Å². The fourth-order valence-electron chi connectivity index (χ4n) is 4.56. The monoisotopic (exact) mass is 483 g/mol. The third-order valence-electron chi connectivity index (χ3n) is 6.49. The lowest BCUT2D eigenvalue weighted by molar-refractivity contribution is 0.0448. The second-order valence-electron chi connectivity index (χ2n) is 10.5. The van der Waals surface area contributed by atoms with Gasteiger partial charge in [-0.2, -0.15) is 15.3 Å². The molecule has 0 radical (unpaired) electrons. The molecule has 0 aliphatic carbocycles. The van der Waals surface area contributed by atoms with Crippen molar-refractivity contribution in [3.63, 3.8) is 0 Å². The topological polar surface area (TPSA) is 120 Å². The number of nitrogens with zero attached hydrogens (tertiary/aromatic N) is 5. The summed E-state index contributed by atoms with van der Waals surface area (Å²) in [6, 6.07) is 16.4. The highest BCUT2D eigenvalue weighted by Crippen LogP contribution is 2.32. The maximum atomic E-state index is 12.3. The molecule has 3 heterocycles. The van der Waals surface area contributed by atoms with Gasteiger partial charge in [0.25, 0.3) is 0 Å². The largest absolute Gasteiger partial charge is 0.444 e. The van der Waals surface area contributed by atoms with Gasteiger partial charge in [0.05, 0.1) is 5.39 Å². The van der Waals surface area contributed by atoms with Crippen LogP contribution in [0.3, 0.4) is 0 Å². The number of H-pyrrole nitrogens is 1. The molecule has 0 unspecified atom stereocenters. The highest BCUT2D eigenvalue weighted by atomic mass is 16.6. The van der Waals surface area contributed by atoms with Crippen molar-refractivity contribution in [3.8, 4) is 17.3 Å². The molecule has 1 saturated heterocycles. The molecular formula is C27H29N7O2. The van der Waals surface area contributed by atoms with E-state index in [1.807, 2.05) is 56.9 Å². The number of nitrogens with one attached hydrogen (secondary N) is 2. The first kappa shape index (κ1) is 23.5. The third kappa shape index (κ3) is 4.67. The predicted octanol–water partition coefficient (Wildman–Crippen LogP) is 4.93. The number of ether oxygens (including phenoxy) is 1. The molecule has 1 fully saturated rings. The number of hydrogen-bond donors (Lipinski definition) is 2. The summed E-state index contributed by atoms with van der Waals surface area (Å²) in [6.45, 7) is 8.82. The maximum absolute atomic E-state index is 12.3. The Bertz CT molecular complexity index is 1490. The Morgan fingerprint density at radius 1 is 1.14 bits per heavy atom. The maximum Gasteiger partial charge on any atom is 0.408 e. The van der Waals surface area contributed by atoms with Crippen LogP contribution in [0.1, 0.15) is 46.2 Å². The number of benzene rings is 2. The SMILES string of the molecule is CC1(NC(=O)OC(C)(C)C)CCN(c2nc(C#N)c3c(-c4ccc5ccccc5c4)n[nH]c3n2)CC1. The zero-order valence-corrected chi connectivity index (χ0v) is 20.9. The molecule has 9 heteroatoms. The summed E-state index contributed by atoms with van der Waals surface area (Å²) in [5.41, 5.74) is 1.43. The Morgan fingerprint density at radius 2 is 1.86 bits per heavy atom. The van der Waals surface area contributed by atoms with E-state index in [2.05, 4.69) is 44.8 Å². The molecule has 9 nitrogen and oxygen atoms in total. The molecule has 1 amide bonds. The van der Waals surface area contributed by atoms with Gasteiger partial charge in [0, 0.05) is 24.2 Å². The minimum atomic E-state index is -0.548. The minimum absolute atomic E-state index is 0.284. The van der Waals surface area contributed by atoms with Crippen LogP contribution in [0.2, 0.25) is 0 Å². The minimum Gasteiger partial charge on any atom is -0.444 e. The second-order valence-corrected chi connectivity index (χ2v) is 10.5. The molecule has 184 valence electrons. The van der Waals surface area contributed by atoms with Gasteiger partial charge >= 0.3 is 6.09 Å². The van der Waals surface area contributed by atoms with E-state index >= 15 is 0 Å². The van der Waals surface area contributed by atoms with Gasteiger partial charge < -0.3 is 15.0 Å². The van der Waals surface area contributed by atoms with Crippen molar-refractivity contribution in [2.75, 3.05) is 18.0 Å². The van der Waals surface area contributed by atoms with E-state index < -0.39 is 17.2 Å². The van der Waals surface area contributed by atoms with Crippen LogP contribution in [-0.2, 0) is 4.74 Å². The van der Waals surface area contributed by atoms with Crippen molar-refractivity contribution in [2.24, 2.45) is 0 Å². The molecule has 1 aliphatic heterocycles. The summed E-state index contributed by atoms with van der Waals surface area (Å²) in [5.74, 6) is 0.479. The number of amides is 1. The van der Waals surface area contributed by atoms with Gasteiger partial charge in [0.1, 0.15) is 17.4 Å². The molecular weight excluding hydrogens is 454 g/mol. The van der Waals surface area contributed by atoms with E-state index in [4.69, 9.17) is 9.72 Å². The molecule has 0 spiro atoms. The molecule has 36 heavy (non-hydrogen) atoms. The van der Waals surface area contributed by atoms with Crippen LogP contribution in [0.15, 0.2) is 42.5 Å². The van der Waals surface area contributed by atoms with E-state index in [0.717, 1.165) is 16.3 Å². The molecule has 0 atom stereocenters. The van der Waals surface area contributed by atoms with Crippen LogP contribution >= 0.6 is 0 Å². The summed E-state index contributed by atoms with van der Waals surface area (Å²) < 4.78 is 5.42. The number of piperidine rings is 1. The zero-order valence-electron chi connectivity index (χ0n) is 20.9. The fraction of sp³-hybridized carbons (Fsp3) is 0.370. The van der Waals surface area contributed by atoms with Crippen LogP contribution in [0, 0.1) is 11.3 Å². The summed E-state index contributed by atoms with van der Waals surface area (Å²) >= 11 is 0. The van der Waals surface area contributed by atoms with Crippen LogP contribution in [-0.4, -0.2) is 50.5 Å². The number of rotatable bonds is 3. The number of aromatic amines is 1. The average molecular weight is 484 g/mol. The van der Waals surface area contributed by atoms with Crippen molar-refractivity contribution in [1.82, 2.24) is 25.5 Å². The molecule has 0 bridgehead atoms. The lowest BCUT2D eigenvalue weighted by Crippen LogP contribution is -2.54. The highest BCUT2D eigenvalue weighted by molar-refractivity contribution is 5.97. The van der Waals surface area contributed by atoms with Gasteiger partial charge in [0.2, 0.25) is 5.95 Å². The standard InChI is InChI=1S/C27H29N7O2/c1-26(2,3)36-25(35)31-27(4)11-13-34(14-12-27)24-29-20(16-28)21-22(32-33-23(21)30-24)19-10-9-17-7-5-6-8-18(17)15-19/h5-10,15H,11-14H2,1-4H3,(H,31,35)(H,29,30,32,33). The first-order valence-corrected chi connectivity index (χ1v) is 12.1. The van der Waals surface area contributed by atoms with E-state index in [-0.39, 0.29) is 5.69 Å². The number of nitriles is 1. The van der Waals surface area contributed by atoms with Crippen LogP contribution < -0.4 is 10.2 Å². The zero-order chi connectivity index (χ0) is 25.5. The lowest BCUT2D eigenvalue weighted by Gasteiger charge is -2.40. The van der Waals surface area contributed by atoms with Crippen LogP contribution in [0.5, 0.6) is 0 Å². The first-order valence-electron chi connectivity index (χ1n) is 12.1. The molecule has 4 aromatic rings. The molecule has 2 aromatic carbocycles. The van der Waals surface area contributed by atoms with Crippen molar-refractivity contribution in [1.29, 1.82) is 5.26 Å². The summed E-state index contributed by atoms with van der Waals surface area (Å²) in [4.78, 5) is 23.6. The van der Waals surface area contributed by atoms with Crippen LogP contribution in [0.4, 0.5) is 10.7 Å². The molecule has 2 N–H and O–H groups in total. The van der Waals surface area contributed by atoms with Gasteiger partial charge in [-0.3, -0.25) is 5.10 Å². The second kappa shape index (κ2) is 8.79. The van der Waals surface area contributed by atoms with Gasteiger partial charge in [-0.1, -0.05) is 36.4 Å². The number of carbonyl (C=O) groups is 1. The van der Waals surface area contributed by atoms with E-state index in [0.29, 0.717) is 48.6 Å².